The Bertz CT molecular complexity index is 630. The Hall–Kier alpha value is -1.50. The van der Waals surface area contributed by atoms with Crippen molar-refractivity contribution in [2.75, 3.05) is 6.61 Å². The third kappa shape index (κ3) is 4.25. The molecule has 2 unspecified atom stereocenters. The van der Waals surface area contributed by atoms with Crippen molar-refractivity contribution in [1.82, 2.24) is 9.97 Å². The molecule has 2 atom stereocenters. The molecule has 22 heavy (non-hydrogen) atoms. The first-order valence-corrected chi connectivity index (χ1v) is 8.16. The van der Waals surface area contributed by atoms with Gasteiger partial charge in [-0.05, 0) is 32.9 Å². The highest BCUT2D eigenvalue weighted by Crippen LogP contribution is 2.23. The lowest BCUT2D eigenvalue weighted by Crippen LogP contribution is -2.11. The lowest BCUT2D eigenvalue weighted by molar-refractivity contribution is 0.0321. The SMILES string of the molecule is CCOC(C)c1nc(C(=O)OC(C)c2ccc(Cl)cn2)cs1. The van der Waals surface area contributed by atoms with E-state index in [1.807, 2.05) is 13.8 Å². The Kier molecular flexibility index (Phi) is 5.88. The van der Waals surface area contributed by atoms with Gasteiger partial charge in [-0.25, -0.2) is 9.78 Å². The van der Waals surface area contributed by atoms with E-state index in [2.05, 4.69) is 9.97 Å². The molecule has 0 bridgehead atoms. The van der Waals surface area contributed by atoms with Gasteiger partial charge in [0.1, 0.15) is 17.2 Å². The van der Waals surface area contributed by atoms with E-state index in [1.54, 1.807) is 24.4 Å². The van der Waals surface area contributed by atoms with Gasteiger partial charge in [0.2, 0.25) is 0 Å². The quantitative estimate of drug-likeness (QED) is 0.737. The van der Waals surface area contributed by atoms with Crippen molar-refractivity contribution in [2.24, 2.45) is 0 Å². The Balaban J connectivity index is 2.01. The first-order valence-electron chi connectivity index (χ1n) is 6.90. The minimum Gasteiger partial charge on any atom is -0.451 e. The van der Waals surface area contributed by atoms with Crippen molar-refractivity contribution >= 4 is 28.9 Å². The molecule has 7 heteroatoms. The second-order valence-corrected chi connectivity index (χ2v) is 5.94. The molecule has 2 aromatic rings. The van der Waals surface area contributed by atoms with Gasteiger partial charge in [0, 0.05) is 18.2 Å². The van der Waals surface area contributed by atoms with Gasteiger partial charge in [-0.15, -0.1) is 11.3 Å². The van der Waals surface area contributed by atoms with Crippen LogP contribution in [0.1, 0.15) is 54.2 Å². The van der Waals surface area contributed by atoms with Gasteiger partial charge in [0.15, 0.2) is 5.69 Å². The number of hydrogen-bond acceptors (Lipinski definition) is 6. The fraction of sp³-hybridized carbons (Fsp3) is 0.400. The fourth-order valence-corrected chi connectivity index (χ4v) is 2.70. The molecule has 0 aliphatic heterocycles. The number of pyridine rings is 1. The number of ether oxygens (including phenoxy) is 2. The van der Waals surface area contributed by atoms with Crippen LogP contribution >= 0.6 is 22.9 Å². The van der Waals surface area contributed by atoms with Crippen LogP contribution in [0.2, 0.25) is 5.02 Å². The van der Waals surface area contributed by atoms with Gasteiger partial charge in [0.25, 0.3) is 0 Å². The minimum absolute atomic E-state index is 0.132. The summed E-state index contributed by atoms with van der Waals surface area (Å²) < 4.78 is 10.8. The highest BCUT2D eigenvalue weighted by atomic mass is 35.5. The average molecular weight is 341 g/mol. The van der Waals surface area contributed by atoms with Crippen LogP contribution < -0.4 is 0 Å². The number of halogens is 1. The van der Waals surface area contributed by atoms with Crippen LogP contribution in [0.15, 0.2) is 23.7 Å². The minimum atomic E-state index is -0.476. The monoisotopic (exact) mass is 340 g/mol. The summed E-state index contributed by atoms with van der Waals surface area (Å²) >= 11 is 7.17. The summed E-state index contributed by atoms with van der Waals surface area (Å²) in [5.74, 6) is -0.476. The van der Waals surface area contributed by atoms with Crippen molar-refractivity contribution in [2.45, 2.75) is 33.0 Å². The summed E-state index contributed by atoms with van der Waals surface area (Å²) in [6.45, 7) is 6.17. The van der Waals surface area contributed by atoms with Gasteiger partial charge < -0.3 is 9.47 Å². The van der Waals surface area contributed by atoms with Gasteiger partial charge in [-0.3, -0.25) is 4.98 Å². The molecule has 0 aromatic carbocycles. The van der Waals surface area contributed by atoms with E-state index in [1.165, 1.54) is 17.5 Å². The number of esters is 1. The number of hydrogen-bond donors (Lipinski definition) is 0. The van der Waals surface area contributed by atoms with Gasteiger partial charge in [0.05, 0.1) is 10.7 Å². The fourth-order valence-electron chi connectivity index (χ4n) is 1.80. The van der Waals surface area contributed by atoms with Crippen LogP contribution in [0, 0.1) is 0 Å². The van der Waals surface area contributed by atoms with E-state index in [9.17, 15) is 4.79 Å². The van der Waals surface area contributed by atoms with Gasteiger partial charge in [-0.1, -0.05) is 11.6 Å². The number of carbonyl (C=O) groups excluding carboxylic acids is 1. The molecule has 0 aliphatic rings. The third-order valence-electron chi connectivity index (χ3n) is 2.95. The number of carbonyl (C=O) groups is 1. The van der Waals surface area contributed by atoms with E-state index >= 15 is 0 Å². The normalized spacial score (nSPS) is 13.6. The maximum absolute atomic E-state index is 12.1. The maximum Gasteiger partial charge on any atom is 0.358 e. The lowest BCUT2D eigenvalue weighted by atomic mass is 10.2. The predicted octanol–water partition coefficient (Wildman–Crippen LogP) is 4.21. The van der Waals surface area contributed by atoms with Crippen LogP contribution in [-0.2, 0) is 9.47 Å². The second kappa shape index (κ2) is 7.67. The van der Waals surface area contributed by atoms with Crippen LogP contribution in [0.25, 0.3) is 0 Å². The summed E-state index contributed by atoms with van der Waals surface area (Å²) in [7, 11) is 0. The largest absolute Gasteiger partial charge is 0.451 e. The van der Waals surface area contributed by atoms with E-state index in [4.69, 9.17) is 21.1 Å². The van der Waals surface area contributed by atoms with E-state index in [0.29, 0.717) is 17.3 Å². The van der Waals surface area contributed by atoms with E-state index < -0.39 is 12.1 Å². The zero-order chi connectivity index (χ0) is 16.1. The molecule has 2 aromatic heterocycles. The maximum atomic E-state index is 12.1. The number of nitrogens with zero attached hydrogens (tertiary/aromatic N) is 2. The zero-order valence-electron chi connectivity index (χ0n) is 12.6. The Labute approximate surface area is 138 Å². The van der Waals surface area contributed by atoms with Crippen LogP contribution in [0.3, 0.4) is 0 Å². The lowest BCUT2D eigenvalue weighted by Gasteiger charge is -2.11. The highest BCUT2D eigenvalue weighted by Gasteiger charge is 2.19. The standard InChI is InChI=1S/C15H17ClN2O3S/c1-4-20-10(3)14-18-13(8-22-14)15(19)21-9(2)12-6-5-11(16)7-17-12/h5-10H,4H2,1-3H3. The van der Waals surface area contributed by atoms with Crippen molar-refractivity contribution in [3.63, 3.8) is 0 Å². The summed E-state index contributed by atoms with van der Waals surface area (Å²) in [5.41, 5.74) is 0.920. The van der Waals surface area contributed by atoms with Crippen molar-refractivity contribution in [3.05, 3.63) is 45.1 Å². The molecule has 0 aliphatic carbocycles. The van der Waals surface area contributed by atoms with Gasteiger partial charge >= 0.3 is 5.97 Å². The molecule has 0 saturated carbocycles. The topological polar surface area (TPSA) is 61.3 Å². The summed E-state index contributed by atoms with van der Waals surface area (Å²) in [6, 6.07) is 3.43. The molecule has 0 fully saturated rings. The van der Waals surface area contributed by atoms with Crippen molar-refractivity contribution in [1.29, 1.82) is 0 Å². The molecular weight excluding hydrogens is 324 g/mol. The van der Waals surface area contributed by atoms with Crippen LogP contribution in [0.4, 0.5) is 0 Å². The molecule has 2 heterocycles. The van der Waals surface area contributed by atoms with Crippen LogP contribution in [-0.4, -0.2) is 22.5 Å². The molecule has 0 radical (unpaired) electrons. The summed E-state index contributed by atoms with van der Waals surface area (Å²) in [4.78, 5) is 20.5. The van der Waals surface area contributed by atoms with E-state index in [-0.39, 0.29) is 11.8 Å². The second-order valence-electron chi connectivity index (χ2n) is 4.62. The van der Waals surface area contributed by atoms with Crippen molar-refractivity contribution < 1.29 is 14.3 Å². The average Bonchev–Trinajstić information content (AvgIpc) is 2.98. The highest BCUT2D eigenvalue weighted by molar-refractivity contribution is 7.09. The molecule has 0 saturated heterocycles. The Morgan fingerprint density at radius 3 is 2.77 bits per heavy atom. The van der Waals surface area contributed by atoms with Crippen LogP contribution in [0.5, 0.6) is 0 Å². The number of aromatic nitrogens is 2. The first-order chi connectivity index (χ1) is 10.5. The number of thiazole rings is 1. The summed E-state index contributed by atoms with van der Waals surface area (Å²) in [5, 5.41) is 2.97. The third-order valence-corrected chi connectivity index (χ3v) is 4.18. The molecule has 5 nitrogen and oxygen atoms in total. The molecule has 0 amide bonds. The van der Waals surface area contributed by atoms with E-state index in [0.717, 1.165) is 5.01 Å². The molecule has 2 rings (SSSR count). The molecular formula is C15H17ClN2O3S. The number of rotatable bonds is 6. The predicted molar refractivity (Wildman–Crippen MR) is 85.2 cm³/mol. The molecule has 0 spiro atoms. The smallest absolute Gasteiger partial charge is 0.358 e. The van der Waals surface area contributed by atoms with Gasteiger partial charge in [-0.2, -0.15) is 0 Å². The molecule has 0 N–H and O–H groups in total. The Morgan fingerprint density at radius 2 is 2.14 bits per heavy atom. The zero-order valence-corrected chi connectivity index (χ0v) is 14.1. The first kappa shape index (κ1) is 16.9. The van der Waals surface area contributed by atoms with Crippen molar-refractivity contribution in [3.8, 4) is 0 Å². The summed E-state index contributed by atoms with van der Waals surface area (Å²) in [6.07, 6.45) is 0.914. The Morgan fingerprint density at radius 1 is 1.36 bits per heavy atom. The molecule has 118 valence electrons.